The average molecular weight is 281 g/mol. The summed E-state index contributed by atoms with van der Waals surface area (Å²) in [4.78, 5) is 14.0. The molecule has 0 aromatic heterocycles. The predicted molar refractivity (Wildman–Crippen MR) is 79.1 cm³/mol. The Kier molecular flexibility index (Phi) is 6.59. The number of hydrogen-bond donors (Lipinski definition) is 0. The molecular weight excluding hydrogens is 258 g/mol. The highest BCUT2D eigenvalue weighted by Gasteiger charge is 2.17. The van der Waals surface area contributed by atoms with Gasteiger partial charge in [0.2, 0.25) is 5.91 Å². The topological polar surface area (TPSA) is 29.5 Å². The van der Waals surface area contributed by atoms with E-state index < -0.39 is 0 Å². The summed E-state index contributed by atoms with van der Waals surface area (Å²) in [5.41, 5.74) is 0. The molecule has 1 atom stereocenters. The lowest BCUT2D eigenvalue weighted by Crippen LogP contribution is -2.36. The standard InChI is InChI=1S/C15H23NO2S/c17-15(16-9-6-11-19-12-10-16)13-18-14-7-4-2-1-3-5-8-14/h14H,1-4,6-7,9-13H2. The lowest BCUT2D eigenvalue weighted by Gasteiger charge is -2.21. The highest BCUT2D eigenvalue weighted by atomic mass is 32.2. The molecule has 1 aliphatic carbocycles. The first-order valence-electron chi connectivity index (χ1n) is 7.32. The van der Waals surface area contributed by atoms with Crippen LogP contribution in [0.15, 0.2) is 0 Å². The van der Waals surface area contributed by atoms with E-state index in [4.69, 9.17) is 4.74 Å². The van der Waals surface area contributed by atoms with Crippen LogP contribution >= 0.6 is 11.8 Å². The third-order valence-electron chi connectivity index (χ3n) is 3.51. The average Bonchev–Trinajstić information content (AvgIpc) is 2.66. The second-order valence-electron chi connectivity index (χ2n) is 5.07. The maximum atomic E-state index is 12.1. The number of ether oxygens (including phenoxy) is 1. The molecule has 1 fully saturated rings. The van der Waals surface area contributed by atoms with Crippen LogP contribution in [0.1, 0.15) is 38.5 Å². The Labute approximate surface area is 120 Å². The van der Waals surface area contributed by atoms with Gasteiger partial charge in [-0.1, -0.05) is 12.3 Å². The smallest absolute Gasteiger partial charge is 0.248 e. The summed E-state index contributed by atoms with van der Waals surface area (Å²) in [5, 5.41) is 0. The minimum atomic E-state index is -0.0365. The molecule has 1 saturated heterocycles. The molecule has 4 heteroatoms. The molecule has 1 aliphatic heterocycles. The summed E-state index contributed by atoms with van der Waals surface area (Å²) in [5.74, 6) is 8.64. The second kappa shape index (κ2) is 8.50. The van der Waals surface area contributed by atoms with Crippen molar-refractivity contribution in [3.63, 3.8) is 0 Å². The van der Waals surface area contributed by atoms with Crippen molar-refractivity contribution in [2.45, 2.75) is 44.6 Å². The summed E-state index contributed by atoms with van der Waals surface area (Å²) >= 11 is 1.93. The number of thioether (sulfide) groups is 1. The van der Waals surface area contributed by atoms with Crippen molar-refractivity contribution in [1.82, 2.24) is 4.90 Å². The Morgan fingerprint density at radius 3 is 3.11 bits per heavy atom. The summed E-state index contributed by atoms with van der Waals surface area (Å²) < 4.78 is 5.70. The predicted octanol–water partition coefficient (Wildman–Crippen LogP) is 2.30. The van der Waals surface area contributed by atoms with E-state index in [1.54, 1.807) is 0 Å². The molecule has 0 bridgehead atoms. The van der Waals surface area contributed by atoms with E-state index in [1.807, 2.05) is 16.7 Å². The third-order valence-corrected chi connectivity index (χ3v) is 4.56. The van der Waals surface area contributed by atoms with E-state index >= 15 is 0 Å². The Morgan fingerprint density at radius 1 is 1.21 bits per heavy atom. The Hall–Kier alpha value is -0.660. The number of nitrogens with zero attached hydrogens (tertiary/aromatic N) is 1. The summed E-state index contributed by atoms with van der Waals surface area (Å²) in [6.45, 7) is 1.94. The van der Waals surface area contributed by atoms with Crippen LogP contribution in [0.5, 0.6) is 0 Å². The summed E-state index contributed by atoms with van der Waals surface area (Å²) in [6.07, 6.45) is 6.59. The molecule has 0 radical (unpaired) electrons. The number of carbonyl (C=O) groups excluding carboxylic acids is 1. The maximum absolute atomic E-state index is 12.1. The summed E-state index contributed by atoms with van der Waals surface area (Å²) in [7, 11) is 0. The Bertz CT molecular complexity index is 340. The zero-order chi connectivity index (χ0) is 13.3. The van der Waals surface area contributed by atoms with Crippen LogP contribution in [-0.4, -0.2) is 48.1 Å². The molecular formula is C15H23NO2S. The molecule has 1 amide bonds. The van der Waals surface area contributed by atoms with Gasteiger partial charge in [-0.15, -0.1) is 5.92 Å². The molecule has 0 N–H and O–H groups in total. The zero-order valence-electron chi connectivity index (χ0n) is 11.5. The zero-order valence-corrected chi connectivity index (χ0v) is 12.3. The lowest BCUT2D eigenvalue weighted by molar-refractivity contribution is -0.137. The third kappa shape index (κ3) is 5.46. The van der Waals surface area contributed by atoms with Crippen molar-refractivity contribution in [2.75, 3.05) is 31.2 Å². The van der Waals surface area contributed by atoms with E-state index in [1.165, 1.54) is 18.6 Å². The number of carbonyl (C=O) groups is 1. The van der Waals surface area contributed by atoms with Crippen LogP contribution in [-0.2, 0) is 9.53 Å². The molecule has 0 saturated carbocycles. The van der Waals surface area contributed by atoms with Crippen LogP contribution in [0, 0.1) is 11.8 Å². The normalized spacial score (nSPS) is 24.6. The highest BCUT2D eigenvalue weighted by Crippen LogP contribution is 2.12. The fraction of sp³-hybridized carbons (Fsp3) is 0.800. The lowest BCUT2D eigenvalue weighted by atomic mass is 10.1. The van der Waals surface area contributed by atoms with Crippen molar-refractivity contribution in [2.24, 2.45) is 0 Å². The minimum Gasteiger partial charge on any atom is -0.356 e. The van der Waals surface area contributed by atoms with Crippen LogP contribution in [0.3, 0.4) is 0 Å². The van der Waals surface area contributed by atoms with E-state index in [9.17, 15) is 4.79 Å². The molecule has 1 heterocycles. The van der Waals surface area contributed by atoms with Gasteiger partial charge in [0.05, 0.1) is 0 Å². The first-order valence-corrected chi connectivity index (χ1v) is 8.47. The van der Waals surface area contributed by atoms with E-state index in [0.717, 1.165) is 44.5 Å². The Balaban J connectivity index is 1.75. The second-order valence-corrected chi connectivity index (χ2v) is 6.29. The largest absolute Gasteiger partial charge is 0.356 e. The van der Waals surface area contributed by atoms with Gasteiger partial charge in [-0.25, -0.2) is 0 Å². The molecule has 2 rings (SSSR count). The molecule has 0 aromatic rings. The van der Waals surface area contributed by atoms with Gasteiger partial charge in [0.15, 0.2) is 0 Å². The van der Waals surface area contributed by atoms with Crippen LogP contribution in [0.2, 0.25) is 0 Å². The number of amides is 1. The maximum Gasteiger partial charge on any atom is 0.248 e. The van der Waals surface area contributed by atoms with Gasteiger partial charge in [0.1, 0.15) is 12.7 Å². The Morgan fingerprint density at radius 2 is 2.16 bits per heavy atom. The van der Waals surface area contributed by atoms with Crippen LogP contribution in [0.4, 0.5) is 0 Å². The van der Waals surface area contributed by atoms with Gasteiger partial charge in [0.25, 0.3) is 0 Å². The molecule has 0 aromatic carbocycles. The quantitative estimate of drug-likeness (QED) is 0.744. The van der Waals surface area contributed by atoms with Crippen molar-refractivity contribution in [1.29, 1.82) is 0 Å². The van der Waals surface area contributed by atoms with Crippen LogP contribution in [0.25, 0.3) is 0 Å². The van der Waals surface area contributed by atoms with Gasteiger partial charge >= 0.3 is 0 Å². The van der Waals surface area contributed by atoms with E-state index in [2.05, 4.69) is 11.8 Å². The first-order chi connectivity index (χ1) is 9.36. The van der Waals surface area contributed by atoms with E-state index in [-0.39, 0.29) is 18.6 Å². The number of hydrogen-bond acceptors (Lipinski definition) is 3. The van der Waals surface area contributed by atoms with Crippen molar-refractivity contribution in [3.8, 4) is 11.8 Å². The molecule has 19 heavy (non-hydrogen) atoms. The van der Waals surface area contributed by atoms with Gasteiger partial charge in [-0.2, -0.15) is 11.8 Å². The fourth-order valence-electron chi connectivity index (χ4n) is 2.36. The van der Waals surface area contributed by atoms with Gasteiger partial charge in [-0.05, 0) is 31.4 Å². The highest BCUT2D eigenvalue weighted by molar-refractivity contribution is 7.99. The molecule has 0 spiro atoms. The van der Waals surface area contributed by atoms with Crippen molar-refractivity contribution >= 4 is 17.7 Å². The van der Waals surface area contributed by atoms with Crippen molar-refractivity contribution < 1.29 is 9.53 Å². The van der Waals surface area contributed by atoms with Crippen LogP contribution < -0.4 is 0 Å². The fourth-order valence-corrected chi connectivity index (χ4v) is 3.25. The molecule has 106 valence electrons. The minimum absolute atomic E-state index is 0.0365. The van der Waals surface area contributed by atoms with Gasteiger partial charge in [-0.3, -0.25) is 4.79 Å². The SMILES string of the molecule is O=C(COC1C#CCCCCC1)N1CCCSCC1. The molecule has 3 nitrogen and oxygen atoms in total. The summed E-state index contributed by atoms with van der Waals surface area (Å²) in [6, 6.07) is 0. The monoisotopic (exact) mass is 281 g/mol. The van der Waals surface area contributed by atoms with E-state index in [0.29, 0.717) is 0 Å². The van der Waals surface area contributed by atoms with Gasteiger partial charge < -0.3 is 9.64 Å². The van der Waals surface area contributed by atoms with Crippen molar-refractivity contribution in [3.05, 3.63) is 0 Å². The molecule has 2 aliphatic rings. The first kappa shape index (κ1) is 14.7. The van der Waals surface area contributed by atoms with Gasteiger partial charge in [0, 0.05) is 25.3 Å². The number of rotatable bonds is 3. The molecule has 1 unspecified atom stereocenters.